The minimum atomic E-state index is -0.927. The van der Waals surface area contributed by atoms with Gasteiger partial charge in [-0.1, -0.05) is 61.2 Å². The van der Waals surface area contributed by atoms with Gasteiger partial charge in [-0.3, -0.25) is 0 Å². The highest BCUT2D eigenvalue weighted by Crippen LogP contribution is 2.16. The van der Waals surface area contributed by atoms with E-state index in [4.69, 9.17) is 5.11 Å². The van der Waals surface area contributed by atoms with Crippen molar-refractivity contribution in [3.8, 4) is 0 Å². The van der Waals surface area contributed by atoms with Crippen molar-refractivity contribution >= 4 is 24.2 Å². The quantitative estimate of drug-likeness (QED) is 0.826. The third-order valence-corrected chi connectivity index (χ3v) is 2.80. The molecule has 0 aliphatic heterocycles. The summed E-state index contributed by atoms with van der Waals surface area (Å²) in [5, 5.41) is 9.17. The van der Waals surface area contributed by atoms with Crippen molar-refractivity contribution in [1.29, 1.82) is 0 Å². The molecule has 0 fully saturated rings. The number of benzene rings is 2. The fraction of sp³-hybridized carbons (Fsp3) is 0. The maximum atomic E-state index is 11.2. The monoisotopic (exact) mass is 250 g/mol. The van der Waals surface area contributed by atoms with Crippen LogP contribution in [0.4, 0.5) is 0 Å². The topological polar surface area (TPSA) is 37.3 Å². The first-order valence-corrected chi connectivity index (χ1v) is 5.93. The van der Waals surface area contributed by atoms with Gasteiger partial charge in [-0.2, -0.15) is 0 Å². The Morgan fingerprint density at radius 3 is 2.37 bits per heavy atom. The molecule has 0 atom stereocenters. The molecule has 0 saturated carbocycles. The Bertz CT molecular complexity index is 625. The molecule has 2 aromatic carbocycles. The van der Waals surface area contributed by atoms with Gasteiger partial charge in [0.1, 0.15) is 0 Å². The van der Waals surface area contributed by atoms with E-state index in [0.717, 1.165) is 11.1 Å². The van der Waals surface area contributed by atoms with E-state index >= 15 is 0 Å². The van der Waals surface area contributed by atoms with Gasteiger partial charge in [-0.15, -0.1) is 0 Å². The van der Waals surface area contributed by atoms with Crippen LogP contribution in [0.3, 0.4) is 0 Å². The van der Waals surface area contributed by atoms with E-state index in [0.29, 0.717) is 5.56 Å². The van der Waals surface area contributed by atoms with Crippen LogP contribution in [-0.4, -0.2) is 11.1 Å². The number of carboxylic acid groups (broad SMARTS) is 1. The molecule has 0 spiro atoms. The minimum Gasteiger partial charge on any atom is -0.478 e. The van der Waals surface area contributed by atoms with E-state index in [2.05, 4.69) is 6.58 Å². The summed E-state index contributed by atoms with van der Waals surface area (Å²) in [6.45, 7) is 3.69. The number of hydrogen-bond acceptors (Lipinski definition) is 1. The van der Waals surface area contributed by atoms with Gasteiger partial charge in [-0.05, 0) is 28.8 Å². The van der Waals surface area contributed by atoms with E-state index in [9.17, 15) is 4.79 Å². The van der Waals surface area contributed by atoms with Gasteiger partial charge >= 0.3 is 5.97 Å². The fourth-order valence-corrected chi connectivity index (χ4v) is 1.79. The lowest BCUT2D eigenvalue weighted by molar-refractivity contribution is 0.0696. The molecule has 2 aromatic rings. The molecule has 0 aliphatic carbocycles. The minimum absolute atomic E-state index is 0.290. The normalized spacial score (nSPS) is 10.5. The van der Waals surface area contributed by atoms with E-state index in [1.54, 1.807) is 18.2 Å². The Hall–Kier alpha value is -2.61. The van der Waals surface area contributed by atoms with Crippen molar-refractivity contribution in [3.63, 3.8) is 0 Å². The second kappa shape index (κ2) is 5.83. The molecule has 0 amide bonds. The first-order chi connectivity index (χ1) is 9.20. The lowest BCUT2D eigenvalue weighted by atomic mass is 10.0. The first-order valence-electron chi connectivity index (χ1n) is 5.93. The van der Waals surface area contributed by atoms with Crippen LogP contribution in [0, 0.1) is 0 Å². The third-order valence-electron chi connectivity index (χ3n) is 2.80. The maximum absolute atomic E-state index is 11.2. The summed E-state index contributed by atoms with van der Waals surface area (Å²) in [4.78, 5) is 11.2. The van der Waals surface area contributed by atoms with Crippen molar-refractivity contribution in [2.45, 2.75) is 0 Å². The predicted molar refractivity (Wildman–Crippen MR) is 78.9 cm³/mol. The van der Waals surface area contributed by atoms with Gasteiger partial charge in [0.25, 0.3) is 0 Å². The number of carbonyl (C=O) groups is 1. The third kappa shape index (κ3) is 3.19. The molecule has 0 radical (unpaired) electrons. The molecule has 2 heteroatoms. The first kappa shape index (κ1) is 12.8. The fourth-order valence-electron chi connectivity index (χ4n) is 1.79. The average molecular weight is 250 g/mol. The van der Waals surface area contributed by atoms with E-state index in [1.165, 1.54) is 0 Å². The maximum Gasteiger partial charge on any atom is 0.336 e. The summed E-state index contributed by atoms with van der Waals surface area (Å²) in [5.74, 6) is -0.927. The molecule has 0 aromatic heterocycles. The number of carboxylic acids is 1. The lowest BCUT2D eigenvalue weighted by Crippen LogP contribution is -1.99. The predicted octanol–water partition coefficient (Wildman–Crippen LogP) is 4.20. The summed E-state index contributed by atoms with van der Waals surface area (Å²) in [6.07, 6.45) is 5.41. The molecule has 0 saturated heterocycles. The molecular formula is C17H14O2. The summed E-state index contributed by atoms with van der Waals surface area (Å²) in [5.41, 5.74) is 2.90. The van der Waals surface area contributed by atoms with E-state index < -0.39 is 5.97 Å². The SMILES string of the molecule is C=Cc1ccc(C(=O)O)c(C=Cc2ccccc2)c1. The number of aromatic carboxylic acids is 1. The summed E-state index contributed by atoms with van der Waals surface area (Å²) < 4.78 is 0. The second-order valence-corrected chi connectivity index (χ2v) is 4.10. The molecule has 0 unspecified atom stereocenters. The largest absolute Gasteiger partial charge is 0.478 e. The Labute approximate surface area is 112 Å². The van der Waals surface area contributed by atoms with Gasteiger partial charge in [0.05, 0.1) is 5.56 Å². The summed E-state index contributed by atoms with van der Waals surface area (Å²) >= 11 is 0. The average Bonchev–Trinajstić information content (AvgIpc) is 2.45. The molecular weight excluding hydrogens is 236 g/mol. The molecule has 0 bridgehead atoms. The highest BCUT2D eigenvalue weighted by molar-refractivity contribution is 5.94. The van der Waals surface area contributed by atoms with Crippen molar-refractivity contribution in [3.05, 3.63) is 77.4 Å². The number of rotatable bonds is 4. The highest BCUT2D eigenvalue weighted by atomic mass is 16.4. The molecule has 19 heavy (non-hydrogen) atoms. The van der Waals surface area contributed by atoms with Crippen LogP contribution < -0.4 is 0 Å². The van der Waals surface area contributed by atoms with Crippen LogP contribution in [0.1, 0.15) is 27.0 Å². The molecule has 0 heterocycles. The Morgan fingerprint density at radius 1 is 1.00 bits per heavy atom. The molecule has 94 valence electrons. The Balaban J connectivity index is 2.40. The lowest BCUT2D eigenvalue weighted by Gasteiger charge is -2.03. The van der Waals surface area contributed by atoms with E-state index in [-0.39, 0.29) is 5.56 Å². The van der Waals surface area contributed by atoms with Gasteiger partial charge in [-0.25, -0.2) is 4.79 Å². The van der Waals surface area contributed by atoms with Gasteiger partial charge in [0.2, 0.25) is 0 Å². The van der Waals surface area contributed by atoms with Crippen LogP contribution in [0.2, 0.25) is 0 Å². The summed E-state index contributed by atoms with van der Waals surface area (Å²) in [7, 11) is 0. The standard InChI is InChI=1S/C17H14O2/c1-2-13-9-11-16(17(18)19)15(12-13)10-8-14-6-4-3-5-7-14/h2-12H,1H2,(H,18,19). The molecule has 1 N–H and O–H groups in total. The van der Waals surface area contributed by atoms with Crippen LogP contribution in [0.5, 0.6) is 0 Å². The zero-order valence-corrected chi connectivity index (χ0v) is 10.4. The Kier molecular flexibility index (Phi) is 3.94. The molecule has 2 nitrogen and oxygen atoms in total. The van der Waals surface area contributed by atoms with Gasteiger partial charge in [0.15, 0.2) is 0 Å². The smallest absolute Gasteiger partial charge is 0.336 e. The van der Waals surface area contributed by atoms with Crippen LogP contribution in [0.15, 0.2) is 55.1 Å². The van der Waals surface area contributed by atoms with Crippen LogP contribution in [-0.2, 0) is 0 Å². The van der Waals surface area contributed by atoms with Crippen molar-refractivity contribution in [2.24, 2.45) is 0 Å². The zero-order chi connectivity index (χ0) is 13.7. The zero-order valence-electron chi connectivity index (χ0n) is 10.4. The Morgan fingerprint density at radius 2 is 1.74 bits per heavy atom. The van der Waals surface area contributed by atoms with Crippen molar-refractivity contribution in [2.75, 3.05) is 0 Å². The second-order valence-electron chi connectivity index (χ2n) is 4.10. The van der Waals surface area contributed by atoms with E-state index in [1.807, 2.05) is 48.6 Å². The van der Waals surface area contributed by atoms with Crippen LogP contribution >= 0.6 is 0 Å². The number of hydrogen-bond donors (Lipinski definition) is 1. The van der Waals surface area contributed by atoms with Gasteiger partial charge in [0, 0.05) is 0 Å². The highest BCUT2D eigenvalue weighted by Gasteiger charge is 2.07. The molecule has 0 aliphatic rings. The van der Waals surface area contributed by atoms with Gasteiger partial charge < -0.3 is 5.11 Å². The summed E-state index contributed by atoms with van der Waals surface area (Å²) in [6, 6.07) is 14.9. The van der Waals surface area contributed by atoms with Crippen molar-refractivity contribution < 1.29 is 9.90 Å². The molecule has 2 rings (SSSR count). The van der Waals surface area contributed by atoms with Crippen molar-refractivity contribution in [1.82, 2.24) is 0 Å². The van der Waals surface area contributed by atoms with Crippen LogP contribution in [0.25, 0.3) is 18.2 Å².